The average molecular weight is 268 g/mol. The number of carbonyl (C=O) groups is 1. The Hall–Kier alpha value is -2.03. The van der Waals surface area contributed by atoms with Crippen LogP contribution in [0.5, 0.6) is 0 Å². The summed E-state index contributed by atoms with van der Waals surface area (Å²) in [6.07, 6.45) is -3.21. The van der Waals surface area contributed by atoms with Crippen molar-refractivity contribution < 1.29 is 18.0 Å². The molecule has 100 valence electrons. The van der Waals surface area contributed by atoms with E-state index in [0.717, 1.165) is 12.1 Å². The van der Waals surface area contributed by atoms with Crippen LogP contribution in [-0.4, -0.2) is 23.4 Å². The number of alkyl halides is 3. The lowest BCUT2D eigenvalue weighted by Crippen LogP contribution is -2.34. The SMILES string of the molecule is N#CC1CCCN1C(=O)c1cccc(C(F)(F)F)c1. The number of hydrogen-bond donors (Lipinski definition) is 0. The van der Waals surface area contributed by atoms with Gasteiger partial charge in [0.15, 0.2) is 0 Å². The first-order chi connectivity index (χ1) is 8.93. The van der Waals surface area contributed by atoms with E-state index >= 15 is 0 Å². The maximum absolute atomic E-state index is 12.6. The highest BCUT2D eigenvalue weighted by Crippen LogP contribution is 2.30. The van der Waals surface area contributed by atoms with E-state index in [-0.39, 0.29) is 5.56 Å². The van der Waals surface area contributed by atoms with Gasteiger partial charge in [-0.25, -0.2) is 0 Å². The normalized spacial score (nSPS) is 19.3. The van der Waals surface area contributed by atoms with Gasteiger partial charge in [0.25, 0.3) is 5.91 Å². The Morgan fingerprint density at radius 1 is 1.42 bits per heavy atom. The van der Waals surface area contributed by atoms with Crippen molar-refractivity contribution in [2.45, 2.75) is 25.1 Å². The van der Waals surface area contributed by atoms with Crippen molar-refractivity contribution in [3.05, 3.63) is 35.4 Å². The first kappa shape index (κ1) is 13.4. The Morgan fingerprint density at radius 2 is 2.16 bits per heavy atom. The fourth-order valence-corrected chi connectivity index (χ4v) is 2.14. The Bertz CT molecular complexity index is 533. The van der Waals surface area contributed by atoms with Crippen molar-refractivity contribution in [3.63, 3.8) is 0 Å². The van der Waals surface area contributed by atoms with E-state index < -0.39 is 23.7 Å². The van der Waals surface area contributed by atoms with Crippen LogP contribution in [0.4, 0.5) is 13.2 Å². The molecular weight excluding hydrogens is 257 g/mol. The summed E-state index contributed by atoms with van der Waals surface area (Å²) in [4.78, 5) is 13.4. The molecule has 1 aromatic carbocycles. The lowest BCUT2D eigenvalue weighted by molar-refractivity contribution is -0.137. The highest BCUT2D eigenvalue weighted by atomic mass is 19.4. The van der Waals surface area contributed by atoms with Crippen LogP contribution in [0.25, 0.3) is 0 Å². The summed E-state index contributed by atoms with van der Waals surface area (Å²) in [5, 5.41) is 8.89. The molecule has 0 spiro atoms. The van der Waals surface area contributed by atoms with Crippen molar-refractivity contribution in [2.24, 2.45) is 0 Å². The zero-order chi connectivity index (χ0) is 14.0. The Morgan fingerprint density at radius 3 is 2.79 bits per heavy atom. The molecule has 0 aliphatic carbocycles. The number of likely N-dealkylation sites (tertiary alicyclic amines) is 1. The average Bonchev–Trinajstić information content (AvgIpc) is 2.85. The molecule has 0 aromatic heterocycles. The number of amides is 1. The Labute approximate surface area is 108 Å². The smallest absolute Gasteiger partial charge is 0.323 e. The number of hydrogen-bond acceptors (Lipinski definition) is 2. The summed E-state index contributed by atoms with van der Waals surface area (Å²) >= 11 is 0. The van der Waals surface area contributed by atoms with Crippen LogP contribution in [0.15, 0.2) is 24.3 Å². The lowest BCUT2D eigenvalue weighted by Gasteiger charge is -2.20. The van der Waals surface area contributed by atoms with Crippen LogP contribution in [-0.2, 0) is 6.18 Å². The van der Waals surface area contributed by atoms with Gasteiger partial charge in [-0.1, -0.05) is 6.07 Å². The summed E-state index contributed by atoms with van der Waals surface area (Å²) in [6.45, 7) is 0.410. The molecule has 2 rings (SSSR count). The van der Waals surface area contributed by atoms with Gasteiger partial charge in [0, 0.05) is 12.1 Å². The number of halogens is 3. The van der Waals surface area contributed by atoms with Gasteiger partial charge >= 0.3 is 6.18 Å². The fraction of sp³-hybridized carbons (Fsp3) is 0.385. The van der Waals surface area contributed by atoms with Gasteiger partial charge in [-0.3, -0.25) is 4.79 Å². The molecule has 1 aliphatic heterocycles. The topological polar surface area (TPSA) is 44.1 Å². The first-order valence-corrected chi connectivity index (χ1v) is 5.81. The fourth-order valence-electron chi connectivity index (χ4n) is 2.14. The van der Waals surface area contributed by atoms with E-state index in [1.54, 1.807) is 0 Å². The third-order valence-electron chi connectivity index (χ3n) is 3.10. The monoisotopic (exact) mass is 268 g/mol. The van der Waals surface area contributed by atoms with Gasteiger partial charge in [-0.15, -0.1) is 0 Å². The largest absolute Gasteiger partial charge is 0.416 e. The van der Waals surface area contributed by atoms with Crippen molar-refractivity contribution >= 4 is 5.91 Å². The van der Waals surface area contributed by atoms with Gasteiger partial charge in [0.2, 0.25) is 0 Å². The molecule has 1 atom stereocenters. The minimum Gasteiger partial charge on any atom is -0.323 e. The number of nitriles is 1. The van der Waals surface area contributed by atoms with Crippen molar-refractivity contribution in [1.29, 1.82) is 5.26 Å². The van der Waals surface area contributed by atoms with Crippen LogP contribution in [0.3, 0.4) is 0 Å². The molecule has 0 saturated carbocycles. The summed E-state index contributed by atoms with van der Waals surface area (Å²) in [5.41, 5.74) is -0.886. The third kappa shape index (κ3) is 2.70. The molecule has 6 heteroatoms. The maximum Gasteiger partial charge on any atom is 0.416 e. The molecule has 1 aromatic rings. The number of rotatable bonds is 1. The van der Waals surface area contributed by atoms with Crippen LogP contribution < -0.4 is 0 Å². The molecule has 1 unspecified atom stereocenters. The zero-order valence-electron chi connectivity index (χ0n) is 9.94. The van der Waals surface area contributed by atoms with Crippen molar-refractivity contribution in [2.75, 3.05) is 6.54 Å². The van der Waals surface area contributed by atoms with E-state index in [1.807, 2.05) is 6.07 Å². The summed E-state index contributed by atoms with van der Waals surface area (Å²) in [7, 11) is 0. The van der Waals surface area contributed by atoms with Crippen molar-refractivity contribution in [1.82, 2.24) is 4.90 Å². The molecule has 3 nitrogen and oxygen atoms in total. The molecular formula is C13H11F3N2O. The second-order valence-corrected chi connectivity index (χ2v) is 4.36. The van der Waals surface area contributed by atoms with E-state index in [4.69, 9.17) is 5.26 Å². The maximum atomic E-state index is 12.6. The van der Waals surface area contributed by atoms with E-state index in [1.165, 1.54) is 17.0 Å². The molecule has 0 radical (unpaired) electrons. The number of nitrogens with zero attached hydrogens (tertiary/aromatic N) is 2. The minimum absolute atomic E-state index is 0.0306. The first-order valence-electron chi connectivity index (χ1n) is 5.81. The second-order valence-electron chi connectivity index (χ2n) is 4.36. The molecule has 1 fully saturated rings. The quantitative estimate of drug-likeness (QED) is 0.786. The van der Waals surface area contributed by atoms with Crippen LogP contribution >= 0.6 is 0 Å². The third-order valence-corrected chi connectivity index (χ3v) is 3.10. The zero-order valence-corrected chi connectivity index (χ0v) is 9.94. The molecule has 1 amide bonds. The van der Waals surface area contributed by atoms with Gasteiger partial charge in [-0.2, -0.15) is 18.4 Å². The van der Waals surface area contributed by atoms with Crippen molar-refractivity contribution in [3.8, 4) is 6.07 Å². The highest BCUT2D eigenvalue weighted by molar-refractivity contribution is 5.95. The summed E-state index contributed by atoms with van der Waals surface area (Å²) in [6, 6.07) is 5.74. The lowest BCUT2D eigenvalue weighted by atomic mass is 10.1. The molecule has 0 bridgehead atoms. The highest BCUT2D eigenvalue weighted by Gasteiger charge is 2.33. The Balaban J connectivity index is 2.27. The van der Waals surface area contributed by atoms with Crippen LogP contribution in [0.2, 0.25) is 0 Å². The molecule has 1 saturated heterocycles. The molecule has 0 N–H and O–H groups in total. The number of benzene rings is 1. The van der Waals surface area contributed by atoms with E-state index in [2.05, 4.69) is 0 Å². The van der Waals surface area contributed by atoms with E-state index in [9.17, 15) is 18.0 Å². The molecule has 1 aliphatic rings. The Kier molecular flexibility index (Phi) is 3.47. The van der Waals surface area contributed by atoms with E-state index in [0.29, 0.717) is 19.4 Å². The predicted octanol–water partition coefficient (Wildman–Crippen LogP) is 2.83. The number of carbonyl (C=O) groups excluding carboxylic acids is 1. The van der Waals surface area contributed by atoms with Gasteiger partial charge in [0.1, 0.15) is 6.04 Å². The molecule has 19 heavy (non-hydrogen) atoms. The standard InChI is InChI=1S/C13H11F3N2O/c14-13(15,16)10-4-1-3-9(7-10)12(19)18-6-2-5-11(18)8-17/h1,3-4,7,11H,2,5-6H2. The van der Waals surface area contributed by atoms with Crippen LogP contribution in [0, 0.1) is 11.3 Å². The summed E-state index contributed by atoms with van der Waals surface area (Å²) < 4.78 is 37.7. The summed E-state index contributed by atoms with van der Waals surface area (Å²) in [5.74, 6) is -0.518. The van der Waals surface area contributed by atoms with Crippen LogP contribution in [0.1, 0.15) is 28.8 Å². The van der Waals surface area contributed by atoms with Gasteiger partial charge in [-0.05, 0) is 31.0 Å². The van der Waals surface area contributed by atoms with Gasteiger partial charge < -0.3 is 4.90 Å². The predicted molar refractivity (Wildman–Crippen MR) is 61.1 cm³/mol. The second kappa shape index (κ2) is 4.92. The minimum atomic E-state index is -4.48. The van der Waals surface area contributed by atoms with Gasteiger partial charge in [0.05, 0.1) is 11.6 Å². The molecule has 1 heterocycles.